The quantitative estimate of drug-likeness (QED) is 0.349. The Labute approximate surface area is 186 Å². The molecule has 0 aliphatic carbocycles. The fourth-order valence-corrected chi connectivity index (χ4v) is 3.49. The van der Waals surface area contributed by atoms with Crippen LogP contribution in [-0.2, 0) is 6.54 Å². The number of hydrogen-bond acceptors (Lipinski definition) is 3. The number of nitrogens with zero attached hydrogens (tertiary/aromatic N) is 3. The lowest BCUT2D eigenvalue weighted by molar-refractivity contribution is 0.245. The molecule has 1 aromatic heterocycles. The molecule has 6 heteroatoms. The summed E-state index contributed by atoms with van der Waals surface area (Å²) in [6, 6.07) is 15.2. The van der Waals surface area contributed by atoms with E-state index >= 15 is 0 Å². The Balaban J connectivity index is 0.00000280. The molecule has 2 aromatic rings. The summed E-state index contributed by atoms with van der Waals surface area (Å²) in [5.41, 5.74) is 3.65. The van der Waals surface area contributed by atoms with E-state index < -0.39 is 0 Å². The van der Waals surface area contributed by atoms with Crippen molar-refractivity contribution < 1.29 is 0 Å². The van der Waals surface area contributed by atoms with Gasteiger partial charge in [0.15, 0.2) is 5.96 Å². The second-order valence-electron chi connectivity index (χ2n) is 7.07. The van der Waals surface area contributed by atoms with Crippen molar-refractivity contribution in [3.8, 4) is 0 Å². The molecular weight excluding hydrogens is 461 g/mol. The number of benzene rings is 1. The maximum Gasteiger partial charge on any atom is 0.191 e. The fourth-order valence-electron chi connectivity index (χ4n) is 3.49. The number of aromatic nitrogens is 1. The highest BCUT2D eigenvalue weighted by molar-refractivity contribution is 14.0. The standard InChI is InChI=1S/C22H31N5.HI/c1-3-23-22(25-16-20-8-4-5-13-24-20)26-17-21(27-14-6-7-15-27)19-11-9-18(2)10-12-19;/h4-5,8-13,21H,3,6-7,14-17H2,1-2H3,(H2,23,25,26);1H. The molecule has 1 atom stereocenters. The Morgan fingerprint density at radius 3 is 2.50 bits per heavy atom. The number of halogens is 1. The van der Waals surface area contributed by atoms with Gasteiger partial charge in [-0.25, -0.2) is 4.99 Å². The monoisotopic (exact) mass is 493 g/mol. The molecule has 1 unspecified atom stereocenters. The Kier molecular flexibility index (Phi) is 9.70. The first-order valence-electron chi connectivity index (χ1n) is 9.99. The van der Waals surface area contributed by atoms with E-state index in [0.29, 0.717) is 12.6 Å². The van der Waals surface area contributed by atoms with Gasteiger partial charge in [0.05, 0.1) is 18.3 Å². The zero-order valence-electron chi connectivity index (χ0n) is 16.9. The van der Waals surface area contributed by atoms with Crippen LogP contribution in [0.25, 0.3) is 0 Å². The van der Waals surface area contributed by atoms with Crippen molar-refractivity contribution in [1.29, 1.82) is 0 Å². The van der Waals surface area contributed by atoms with Gasteiger partial charge >= 0.3 is 0 Å². The van der Waals surface area contributed by atoms with Gasteiger partial charge in [0.25, 0.3) is 0 Å². The highest BCUT2D eigenvalue weighted by atomic mass is 127. The van der Waals surface area contributed by atoms with Gasteiger partial charge in [-0.1, -0.05) is 35.9 Å². The predicted octanol–water partition coefficient (Wildman–Crippen LogP) is 3.90. The van der Waals surface area contributed by atoms with Crippen LogP contribution in [0.2, 0.25) is 0 Å². The summed E-state index contributed by atoms with van der Waals surface area (Å²) in [5, 5.41) is 6.90. The van der Waals surface area contributed by atoms with E-state index in [4.69, 9.17) is 4.99 Å². The van der Waals surface area contributed by atoms with E-state index in [1.54, 1.807) is 0 Å². The van der Waals surface area contributed by atoms with E-state index in [-0.39, 0.29) is 24.0 Å². The molecule has 2 heterocycles. The van der Waals surface area contributed by atoms with Gasteiger partial charge in [0.2, 0.25) is 0 Å². The molecule has 2 N–H and O–H groups in total. The molecular formula is C22H32IN5. The van der Waals surface area contributed by atoms with Gasteiger partial charge < -0.3 is 10.6 Å². The number of hydrogen-bond donors (Lipinski definition) is 2. The number of rotatable bonds is 7. The van der Waals surface area contributed by atoms with Crippen molar-refractivity contribution >= 4 is 29.9 Å². The van der Waals surface area contributed by atoms with E-state index in [0.717, 1.165) is 24.7 Å². The minimum absolute atomic E-state index is 0. The Morgan fingerprint density at radius 1 is 1.11 bits per heavy atom. The van der Waals surface area contributed by atoms with Crippen LogP contribution in [0.1, 0.15) is 42.6 Å². The molecule has 0 saturated carbocycles. The number of likely N-dealkylation sites (tertiary alicyclic amines) is 1. The average Bonchev–Trinajstić information content (AvgIpc) is 3.23. The first-order chi connectivity index (χ1) is 13.3. The average molecular weight is 493 g/mol. The minimum atomic E-state index is 0. The number of aliphatic imine (C=N–C) groups is 1. The number of nitrogens with one attached hydrogen (secondary N) is 2. The van der Waals surface area contributed by atoms with Crippen LogP contribution >= 0.6 is 24.0 Å². The Bertz CT molecular complexity index is 711. The van der Waals surface area contributed by atoms with Crippen molar-refractivity contribution in [1.82, 2.24) is 20.5 Å². The molecule has 1 fully saturated rings. The van der Waals surface area contributed by atoms with Gasteiger partial charge in [-0.05, 0) is 57.5 Å². The van der Waals surface area contributed by atoms with E-state index in [1.807, 2.05) is 24.4 Å². The minimum Gasteiger partial charge on any atom is -0.357 e. The Hall–Kier alpha value is -1.67. The van der Waals surface area contributed by atoms with Gasteiger partial charge in [-0.2, -0.15) is 0 Å². The summed E-state index contributed by atoms with van der Waals surface area (Å²) in [6.45, 7) is 8.83. The fraction of sp³-hybridized carbons (Fsp3) is 0.455. The molecule has 0 bridgehead atoms. The lowest BCUT2D eigenvalue weighted by Gasteiger charge is -2.29. The van der Waals surface area contributed by atoms with Crippen molar-refractivity contribution in [3.63, 3.8) is 0 Å². The highest BCUT2D eigenvalue weighted by Crippen LogP contribution is 2.24. The first kappa shape index (κ1) is 22.6. The van der Waals surface area contributed by atoms with E-state index in [2.05, 4.69) is 58.6 Å². The molecule has 152 valence electrons. The van der Waals surface area contributed by atoms with Crippen molar-refractivity contribution in [2.75, 3.05) is 26.2 Å². The molecule has 3 rings (SSSR count). The maximum absolute atomic E-state index is 4.70. The number of pyridine rings is 1. The molecule has 0 amide bonds. The lowest BCUT2D eigenvalue weighted by atomic mass is 10.0. The van der Waals surface area contributed by atoms with Gasteiger partial charge in [-0.3, -0.25) is 9.88 Å². The number of aryl methyl sites for hydroxylation is 1. The Morgan fingerprint density at radius 2 is 1.86 bits per heavy atom. The molecule has 28 heavy (non-hydrogen) atoms. The summed E-state index contributed by atoms with van der Waals surface area (Å²) >= 11 is 0. The molecule has 1 aliphatic rings. The van der Waals surface area contributed by atoms with Crippen LogP contribution in [0, 0.1) is 6.92 Å². The van der Waals surface area contributed by atoms with Crippen molar-refractivity contribution in [3.05, 3.63) is 65.5 Å². The smallest absolute Gasteiger partial charge is 0.191 e. The van der Waals surface area contributed by atoms with Crippen LogP contribution in [0.4, 0.5) is 0 Å². The molecule has 1 aliphatic heterocycles. The zero-order chi connectivity index (χ0) is 18.9. The predicted molar refractivity (Wildman–Crippen MR) is 127 cm³/mol. The van der Waals surface area contributed by atoms with Crippen LogP contribution in [0.15, 0.2) is 53.7 Å². The van der Waals surface area contributed by atoms with Crippen LogP contribution in [0.3, 0.4) is 0 Å². The maximum atomic E-state index is 4.70. The van der Waals surface area contributed by atoms with E-state index in [9.17, 15) is 0 Å². The number of guanidine groups is 1. The van der Waals surface area contributed by atoms with Crippen LogP contribution < -0.4 is 10.6 Å². The summed E-state index contributed by atoms with van der Waals surface area (Å²) in [6.07, 6.45) is 4.39. The SMILES string of the molecule is CCNC(=NCc1ccccn1)NCC(c1ccc(C)cc1)N1CCCC1.I. The van der Waals surface area contributed by atoms with Crippen molar-refractivity contribution in [2.45, 2.75) is 39.3 Å². The zero-order valence-corrected chi connectivity index (χ0v) is 19.2. The normalized spacial score (nSPS) is 15.7. The largest absolute Gasteiger partial charge is 0.357 e. The molecule has 0 radical (unpaired) electrons. The summed E-state index contributed by atoms with van der Waals surface area (Å²) in [4.78, 5) is 11.6. The molecule has 5 nitrogen and oxygen atoms in total. The second kappa shape index (κ2) is 12.0. The van der Waals surface area contributed by atoms with Crippen LogP contribution in [0.5, 0.6) is 0 Å². The summed E-state index contributed by atoms with van der Waals surface area (Å²) in [7, 11) is 0. The molecule has 0 spiro atoms. The van der Waals surface area contributed by atoms with Crippen LogP contribution in [-0.4, -0.2) is 42.0 Å². The van der Waals surface area contributed by atoms with Gasteiger partial charge in [0.1, 0.15) is 0 Å². The lowest BCUT2D eigenvalue weighted by Crippen LogP contribution is -2.42. The molecule has 1 aromatic carbocycles. The highest BCUT2D eigenvalue weighted by Gasteiger charge is 2.23. The summed E-state index contributed by atoms with van der Waals surface area (Å²) < 4.78 is 0. The van der Waals surface area contributed by atoms with E-state index in [1.165, 1.54) is 37.1 Å². The first-order valence-corrected chi connectivity index (χ1v) is 9.99. The third-order valence-corrected chi connectivity index (χ3v) is 4.98. The van der Waals surface area contributed by atoms with Gasteiger partial charge in [-0.15, -0.1) is 24.0 Å². The van der Waals surface area contributed by atoms with Gasteiger partial charge in [0, 0.05) is 19.3 Å². The third kappa shape index (κ3) is 6.74. The second-order valence-corrected chi connectivity index (χ2v) is 7.07. The summed E-state index contributed by atoms with van der Waals surface area (Å²) in [5.74, 6) is 0.847. The topological polar surface area (TPSA) is 52.6 Å². The van der Waals surface area contributed by atoms with Crippen molar-refractivity contribution in [2.24, 2.45) is 4.99 Å². The third-order valence-electron chi connectivity index (χ3n) is 4.98. The molecule has 1 saturated heterocycles.